The maximum absolute atomic E-state index is 8.84. The number of anilines is 1. The Labute approximate surface area is 116 Å². The normalized spacial score (nSPS) is 10.0. The highest BCUT2D eigenvalue weighted by atomic mass is 35.5. The van der Waals surface area contributed by atoms with Gasteiger partial charge in [-0.05, 0) is 12.1 Å². The number of nitriles is 1. The monoisotopic (exact) mass is 276 g/mol. The summed E-state index contributed by atoms with van der Waals surface area (Å²) < 4.78 is 7.04. The second-order valence-corrected chi connectivity index (χ2v) is 4.32. The summed E-state index contributed by atoms with van der Waals surface area (Å²) in [5.41, 5.74) is 1.36. The van der Waals surface area contributed by atoms with E-state index in [-0.39, 0.29) is 0 Å². The summed E-state index contributed by atoms with van der Waals surface area (Å²) in [5, 5.41) is 12.6. The van der Waals surface area contributed by atoms with Gasteiger partial charge < -0.3 is 14.6 Å². The first-order valence-electron chi connectivity index (χ1n) is 5.64. The average molecular weight is 277 g/mol. The first-order chi connectivity index (χ1) is 9.15. The van der Waals surface area contributed by atoms with Crippen molar-refractivity contribution in [1.29, 1.82) is 5.26 Å². The molecule has 2 rings (SSSR count). The summed E-state index contributed by atoms with van der Waals surface area (Å²) in [6.45, 7) is 0.519. The molecule has 0 aliphatic carbocycles. The fourth-order valence-electron chi connectivity index (χ4n) is 1.67. The van der Waals surface area contributed by atoms with Crippen molar-refractivity contribution in [3.63, 3.8) is 0 Å². The van der Waals surface area contributed by atoms with Crippen LogP contribution in [0.2, 0.25) is 5.15 Å². The number of ether oxygens (including phenoxy) is 1. The maximum Gasteiger partial charge on any atom is 0.143 e. The van der Waals surface area contributed by atoms with Gasteiger partial charge in [-0.25, -0.2) is 4.98 Å². The van der Waals surface area contributed by atoms with E-state index in [1.54, 1.807) is 30.0 Å². The van der Waals surface area contributed by atoms with Gasteiger partial charge in [0.1, 0.15) is 16.7 Å². The lowest BCUT2D eigenvalue weighted by Gasteiger charge is -2.11. The Hall–Kier alpha value is -2.19. The standard InChI is InChI=1S/C13H13ClN4O/c1-18-12(14)7-17-13(18)8-16-10-4-3-9(6-15)5-11(10)19-2/h3-5,7,16H,8H2,1-2H3. The fourth-order valence-corrected chi connectivity index (χ4v) is 1.82. The first-order valence-corrected chi connectivity index (χ1v) is 6.01. The highest BCUT2D eigenvalue weighted by molar-refractivity contribution is 6.29. The van der Waals surface area contributed by atoms with Crippen LogP contribution in [0, 0.1) is 11.3 Å². The van der Waals surface area contributed by atoms with Gasteiger partial charge >= 0.3 is 0 Å². The van der Waals surface area contributed by atoms with Crippen molar-refractivity contribution in [2.75, 3.05) is 12.4 Å². The number of benzene rings is 1. The van der Waals surface area contributed by atoms with Gasteiger partial charge in [0.15, 0.2) is 0 Å². The zero-order valence-corrected chi connectivity index (χ0v) is 11.4. The van der Waals surface area contributed by atoms with E-state index in [4.69, 9.17) is 21.6 Å². The van der Waals surface area contributed by atoms with Crippen molar-refractivity contribution < 1.29 is 4.74 Å². The van der Waals surface area contributed by atoms with E-state index in [1.807, 2.05) is 13.1 Å². The topological polar surface area (TPSA) is 62.9 Å². The highest BCUT2D eigenvalue weighted by Gasteiger charge is 2.07. The maximum atomic E-state index is 8.84. The van der Waals surface area contributed by atoms with E-state index in [9.17, 15) is 0 Å². The van der Waals surface area contributed by atoms with Crippen LogP contribution < -0.4 is 10.1 Å². The molecule has 6 heteroatoms. The molecule has 0 unspecified atom stereocenters. The van der Waals surface area contributed by atoms with Gasteiger partial charge in [0.05, 0.1) is 37.2 Å². The number of methoxy groups -OCH3 is 1. The van der Waals surface area contributed by atoms with E-state index in [0.717, 1.165) is 11.5 Å². The lowest BCUT2D eigenvalue weighted by Crippen LogP contribution is -2.07. The molecule has 2 aromatic rings. The number of rotatable bonds is 4. The predicted molar refractivity (Wildman–Crippen MR) is 73.3 cm³/mol. The molecule has 0 spiro atoms. The number of aromatic nitrogens is 2. The van der Waals surface area contributed by atoms with Crippen LogP contribution in [-0.4, -0.2) is 16.7 Å². The van der Waals surface area contributed by atoms with Crippen LogP contribution in [0.3, 0.4) is 0 Å². The highest BCUT2D eigenvalue weighted by Crippen LogP contribution is 2.25. The molecule has 0 radical (unpaired) electrons. The quantitative estimate of drug-likeness (QED) is 0.932. The summed E-state index contributed by atoms with van der Waals surface area (Å²) in [7, 11) is 3.42. The van der Waals surface area contributed by atoms with Gasteiger partial charge in [-0.15, -0.1) is 0 Å². The molecule has 0 bridgehead atoms. The number of hydrogen-bond acceptors (Lipinski definition) is 4. The third-order valence-corrected chi connectivity index (χ3v) is 3.15. The molecule has 1 heterocycles. The number of nitrogens with one attached hydrogen (secondary N) is 1. The molecule has 1 N–H and O–H groups in total. The molecule has 1 aromatic carbocycles. The Balaban J connectivity index is 2.16. The molecular formula is C13H13ClN4O. The average Bonchev–Trinajstić information content (AvgIpc) is 2.76. The zero-order chi connectivity index (χ0) is 13.8. The molecule has 0 amide bonds. The molecule has 5 nitrogen and oxygen atoms in total. The Bertz CT molecular complexity index is 630. The molecule has 1 aromatic heterocycles. The summed E-state index contributed by atoms with van der Waals surface area (Å²) in [4.78, 5) is 4.19. The number of nitrogens with zero attached hydrogens (tertiary/aromatic N) is 3. The Morgan fingerprint density at radius 2 is 2.32 bits per heavy atom. The molecule has 0 saturated heterocycles. The van der Waals surface area contributed by atoms with E-state index < -0.39 is 0 Å². The molecule has 0 fully saturated rings. The minimum absolute atomic E-state index is 0.519. The molecule has 0 atom stereocenters. The first kappa shape index (κ1) is 13.2. The van der Waals surface area contributed by atoms with Crippen LogP contribution in [0.5, 0.6) is 5.75 Å². The van der Waals surface area contributed by atoms with Gasteiger partial charge in [0.2, 0.25) is 0 Å². The van der Waals surface area contributed by atoms with E-state index in [0.29, 0.717) is 23.0 Å². The molecule has 0 saturated carbocycles. The number of hydrogen-bond donors (Lipinski definition) is 1. The second-order valence-electron chi connectivity index (χ2n) is 3.94. The predicted octanol–water partition coefficient (Wildman–Crippen LogP) is 2.57. The summed E-state index contributed by atoms with van der Waals surface area (Å²) in [6.07, 6.45) is 1.61. The zero-order valence-electron chi connectivity index (χ0n) is 10.6. The van der Waals surface area contributed by atoms with E-state index >= 15 is 0 Å². The van der Waals surface area contributed by atoms with Crippen LogP contribution in [0.15, 0.2) is 24.4 Å². The van der Waals surface area contributed by atoms with Crippen LogP contribution in [-0.2, 0) is 13.6 Å². The van der Waals surface area contributed by atoms with E-state index in [1.165, 1.54) is 0 Å². The van der Waals surface area contributed by atoms with Gasteiger partial charge in [-0.3, -0.25) is 0 Å². The molecule has 0 aliphatic heterocycles. The number of imidazole rings is 1. The molecule has 98 valence electrons. The van der Waals surface area contributed by atoms with Crippen molar-refractivity contribution in [3.8, 4) is 11.8 Å². The van der Waals surface area contributed by atoms with Crippen LogP contribution in [0.1, 0.15) is 11.4 Å². The van der Waals surface area contributed by atoms with Crippen LogP contribution in [0.25, 0.3) is 0 Å². The largest absolute Gasteiger partial charge is 0.495 e. The number of halogens is 1. The van der Waals surface area contributed by atoms with Gasteiger partial charge in [0.25, 0.3) is 0 Å². The Kier molecular flexibility index (Phi) is 3.93. The van der Waals surface area contributed by atoms with Gasteiger partial charge in [-0.1, -0.05) is 11.6 Å². The van der Waals surface area contributed by atoms with Crippen LogP contribution in [0.4, 0.5) is 5.69 Å². The van der Waals surface area contributed by atoms with Crippen molar-refractivity contribution in [3.05, 3.63) is 40.9 Å². The summed E-state index contributed by atoms with van der Waals surface area (Å²) in [5.74, 6) is 1.44. The third kappa shape index (κ3) is 2.80. The summed E-state index contributed by atoms with van der Waals surface area (Å²) >= 11 is 5.92. The van der Waals surface area contributed by atoms with Crippen molar-refractivity contribution >= 4 is 17.3 Å². The lowest BCUT2D eigenvalue weighted by molar-refractivity contribution is 0.416. The molecule has 19 heavy (non-hydrogen) atoms. The SMILES string of the molecule is COc1cc(C#N)ccc1NCc1ncc(Cl)n1C. The third-order valence-electron chi connectivity index (χ3n) is 2.80. The Morgan fingerprint density at radius 1 is 1.53 bits per heavy atom. The van der Waals surface area contributed by atoms with Gasteiger partial charge in [-0.2, -0.15) is 5.26 Å². The summed E-state index contributed by atoms with van der Waals surface area (Å²) in [6, 6.07) is 7.30. The minimum atomic E-state index is 0.519. The lowest BCUT2D eigenvalue weighted by atomic mass is 10.2. The van der Waals surface area contributed by atoms with Crippen molar-refractivity contribution in [2.24, 2.45) is 7.05 Å². The second kappa shape index (κ2) is 5.63. The smallest absolute Gasteiger partial charge is 0.143 e. The molecule has 0 aliphatic rings. The minimum Gasteiger partial charge on any atom is -0.495 e. The van der Waals surface area contributed by atoms with Gasteiger partial charge in [0, 0.05) is 13.1 Å². The van der Waals surface area contributed by atoms with E-state index in [2.05, 4.69) is 16.4 Å². The van der Waals surface area contributed by atoms with Crippen LogP contribution >= 0.6 is 11.6 Å². The van der Waals surface area contributed by atoms with Crippen molar-refractivity contribution in [1.82, 2.24) is 9.55 Å². The molecular weight excluding hydrogens is 264 g/mol. The fraction of sp³-hybridized carbons (Fsp3) is 0.231. The van der Waals surface area contributed by atoms with Crippen molar-refractivity contribution in [2.45, 2.75) is 6.54 Å². The Morgan fingerprint density at radius 3 is 2.89 bits per heavy atom.